The second-order valence-electron chi connectivity index (χ2n) is 5.38. The molecule has 0 radical (unpaired) electrons. The summed E-state index contributed by atoms with van der Waals surface area (Å²) in [5, 5.41) is 11.4. The summed E-state index contributed by atoms with van der Waals surface area (Å²) in [5.41, 5.74) is 5.31. The fraction of sp³-hybridized carbons (Fsp3) is 0.769. The SMILES string of the molecule is CC(C)CC(NC(=O)C1CCCN1CC#N)C(N)=O. The van der Waals surface area contributed by atoms with Crippen molar-refractivity contribution in [3.05, 3.63) is 0 Å². The maximum atomic E-state index is 12.2. The second kappa shape index (κ2) is 7.10. The lowest BCUT2D eigenvalue weighted by atomic mass is 10.0. The molecule has 2 amide bonds. The summed E-state index contributed by atoms with van der Waals surface area (Å²) in [7, 11) is 0. The quantitative estimate of drug-likeness (QED) is 0.660. The van der Waals surface area contributed by atoms with Crippen LogP contribution in [-0.4, -0.2) is 41.9 Å². The van der Waals surface area contributed by atoms with Gasteiger partial charge in [-0.15, -0.1) is 0 Å². The summed E-state index contributed by atoms with van der Waals surface area (Å²) in [5.74, 6) is -0.430. The average molecular weight is 266 g/mol. The standard InChI is InChI=1S/C13H22N4O2/c1-9(2)8-10(12(15)18)16-13(19)11-4-3-6-17(11)7-5-14/h9-11H,3-4,6-8H2,1-2H3,(H2,15,18)(H,16,19). The number of hydrogen-bond donors (Lipinski definition) is 2. The van der Waals surface area contributed by atoms with Crippen LogP contribution >= 0.6 is 0 Å². The number of primary amides is 1. The Kier molecular flexibility index (Phi) is 5.77. The van der Waals surface area contributed by atoms with Crippen molar-refractivity contribution in [2.75, 3.05) is 13.1 Å². The Morgan fingerprint density at radius 2 is 2.21 bits per heavy atom. The number of likely N-dealkylation sites (tertiary alicyclic amines) is 1. The van der Waals surface area contributed by atoms with Gasteiger partial charge in [-0.2, -0.15) is 5.26 Å². The monoisotopic (exact) mass is 266 g/mol. The molecule has 0 aromatic rings. The number of amides is 2. The Labute approximate surface area is 113 Å². The van der Waals surface area contributed by atoms with Crippen molar-refractivity contribution < 1.29 is 9.59 Å². The first-order valence-electron chi connectivity index (χ1n) is 6.66. The molecule has 1 aliphatic rings. The van der Waals surface area contributed by atoms with Crippen LogP contribution in [0.25, 0.3) is 0 Å². The Balaban J connectivity index is 2.61. The molecule has 0 spiro atoms. The van der Waals surface area contributed by atoms with Crippen molar-refractivity contribution >= 4 is 11.8 Å². The Morgan fingerprint density at radius 3 is 2.74 bits per heavy atom. The number of nitrogens with zero attached hydrogens (tertiary/aromatic N) is 2. The van der Waals surface area contributed by atoms with E-state index in [0.29, 0.717) is 6.42 Å². The summed E-state index contributed by atoms with van der Waals surface area (Å²) >= 11 is 0. The number of nitrogens with two attached hydrogens (primary N) is 1. The molecule has 1 rings (SSSR count). The van der Waals surface area contributed by atoms with Crippen LogP contribution in [-0.2, 0) is 9.59 Å². The van der Waals surface area contributed by atoms with Crippen LogP contribution in [0.4, 0.5) is 0 Å². The second-order valence-corrected chi connectivity index (χ2v) is 5.38. The number of carbonyl (C=O) groups is 2. The predicted octanol–water partition coefficient (Wildman–Crippen LogP) is -0.00942. The Bertz CT molecular complexity index is 375. The third-order valence-corrected chi connectivity index (χ3v) is 3.31. The minimum Gasteiger partial charge on any atom is -0.368 e. The molecule has 1 aliphatic heterocycles. The number of rotatable bonds is 6. The van der Waals surface area contributed by atoms with Crippen molar-refractivity contribution in [1.29, 1.82) is 5.26 Å². The molecule has 0 aliphatic carbocycles. The maximum absolute atomic E-state index is 12.2. The van der Waals surface area contributed by atoms with E-state index in [4.69, 9.17) is 11.0 Å². The van der Waals surface area contributed by atoms with E-state index in [1.807, 2.05) is 18.7 Å². The Hall–Kier alpha value is -1.61. The lowest BCUT2D eigenvalue weighted by Gasteiger charge is -2.24. The molecule has 0 bridgehead atoms. The van der Waals surface area contributed by atoms with Gasteiger partial charge in [-0.3, -0.25) is 14.5 Å². The smallest absolute Gasteiger partial charge is 0.240 e. The first-order valence-corrected chi connectivity index (χ1v) is 6.66. The zero-order valence-corrected chi connectivity index (χ0v) is 11.6. The van der Waals surface area contributed by atoms with E-state index in [2.05, 4.69) is 11.4 Å². The fourth-order valence-corrected chi connectivity index (χ4v) is 2.39. The molecule has 6 nitrogen and oxygen atoms in total. The highest BCUT2D eigenvalue weighted by Crippen LogP contribution is 2.17. The molecular formula is C13H22N4O2. The summed E-state index contributed by atoms with van der Waals surface area (Å²) < 4.78 is 0. The van der Waals surface area contributed by atoms with Crippen LogP contribution in [0.1, 0.15) is 33.1 Å². The van der Waals surface area contributed by atoms with Gasteiger partial charge in [0.1, 0.15) is 6.04 Å². The maximum Gasteiger partial charge on any atom is 0.240 e. The Morgan fingerprint density at radius 1 is 1.53 bits per heavy atom. The molecular weight excluding hydrogens is 244 g/mol. The van der Waals surface area contributed by atoms with Crippen LogP contribution < -0.4 is 11.1 Å². The molecule has 2 atom stereocenters. The molecule has 0 aromatic heterocycles. The summed E-state index contributed by atoms with van der Waals surface area (Å²) in [6, 6.07) is 1.12. The van der Waals surface area contributed by atoms with Gasteiger partial charge in [0.25, 0.3) is 0 Å². The molecule has 19 heavy (non-hydrogen) atoms. The van der Waals surface area contributed by atoms with Crippen molar-refractivity contribution in [3.8, 4) is 6.07 Å². The van der Waals surface area contributed by atoms with Crippen molar-refractivity contribution in [3.63, 3.8) is 0 Å². The largest absolute Gasteiger partial charge is 0.368 e. The lowest BCUT2D eigenvalue weighted by molar-refractivity contribution is -0.130. The van der Waals surface area contributed by atoms with E-state index < -0.39 is 11.9 Å². The molecule has 1 saturated heterocycles. The highest BCUT2D eigenvalue weighted by molar-refractivity contribution is 5.89. The van der Waals surface area contributed by atoms with E-state index >= 15 is 0 Å². The lowest BCUT2D eigenvalue weighted by Crippen LogP contribution is -2.51. The topological polar surface area (TPSA) is 99.2 Å². The molecule has 0 saturated carbocycles. The van der Waals surface area contributed by atoms with Crippen molar-refractivity contribution in [1.82, 2.24) is 10.2 Å². The first-order chi connectivity index (χ1) is 8.95. The molecule has 2 unspecified atom stereocenters. The van der Waals surface area contributed by atoms with E-state index in [0.717, 1.165) is 19.4 Å². The molecule has 106 valence electrons. The molecule has 0 aromatic carbocycles. The van der Waals surface area contributed by atoms with Crippen molar-refractivity contribution in [2.24, 2.45) is 11.7 Å². The third kappa shape index (κ3) is 4.52. The average Bonchev–Trinajstić information content (AvgIpc) is 2.76. The highest BCUT2D eigenvalue weighted by atomic mass is 16.2. The van der Waals surface area contributed by atoms with Gasteiger partial charge in [0.2, 0.25) is 11.8 Å². The van der Waals surface area contributed by atoms with Gasteiger partial charge in [-0.25, -0.2) is 0 Å². The number of nitrogens with one attached hydrogen (secondary N) is 1. The number of carbonyl (C=O) groups excluding carboxylic acids is 2. The van der Waals surface area contributed by atoms with Crippen LogP contribution in [0.2, 0.25) is 0 Å². The van der Waals surface area contributed by atoms with Crippen LogP contribution in [0.15, 0.2) is 0 Å². The molecule has 3 N–H and O–H groups in total. The molecule has 1 fully saturated rings. The minimum atomic E-state index is -0.628. The summed E-state index contributed by atoms with van der Waals surface area (Å²) in [6.45, 7) is 4.93. The molecule has 1 heterocycles. The van der Waals surface area contributed by atoms with Gasteiger partial charge in [-0.1, -0.05) is 13.8 Å². The van der Waals surface area contributed by atoms with Gasteiger partial charge in [0, 0.05) is 6.54 Å². The van der Waals surface area contributed by atoms with Crippen LogP contribution in [0.5, 0.6) is 0 Å². The van der Waals surface area contributed by atoms with Gasteiger partial charge in [-0.05, 0) is 25.2 Å². The van der Waals surface area contributed by atoms with Crippen LogP contribution in [0.3, 0.4) is 0 Å². The summed E-state index contributed by atoms with van der Waals surface area (Å²) in [4.78, 5) is 25.3. The van der Waals surface area contributed by atoms with Gasteiger partial charge >= 0.3 is 0 Å². The van der Waals surface area contributed by atoms with E-state index in [1.165, 1.54) is 0 Å². The number of hydrogen-bond acceptors (Lipinski definition) is 4. The zero-order chi connectivity index (χ0) is 14.4. The van der Waals surface area contributed by atoms with Gasteiger partial charge in [0.15, 0.2) is 0 Å². The first kappa shape index (κ1) is 15.4. The third-order valence-electron chi connectivity index (χ3n) is 3.31. The molecule has 6 heteroatoms. The fourth-order valence-electron chi connectivity index (χ4n) is 2.39. The van der Waals surface area contributed by atoms with E-state index in [1.54, 1.807) is 0 Å². The summed E-state index contributed by atoms with van der Waals surface area (Å²) in [6.07, 6.45) is 2.15. The van der Waals surface area contributed by atoms with Crippen LogP contribution in [0, 0.1) is 17.2 Å². The van der Waals surface area contributed by atoms with Gasteiger partial charge < -0.3 is 11.1 Å². The predicted molar refractivity (Wildman–Crippen MR) is 70.8 cm³/mol. The van der Waals surface area contributed by atoms with Crippen molar-refractivity contribution in [2.45, 2.75) is 45.2 Å². The minimum absolute atomic E-state index is 0.197. The zero-order valence-electron chi connectivity index (χ0n) is 11.6. The normalized spacial score (nSPS) is 21.1. The van der Waals surface area contributed by atoms with Gasteiger partial charge in [0.05, 0.1) is 18.7 Å². The number of nitriles is 1. The van der Waals surface area contributed by atoms with E-state index in [-0.39, 0.29) is 24.4 Å². The van der Waals surface area contributed by atoms with E-state index in [9.17, 15) is 9.59 Å². The highest BCUT2D eigenvalue weighted by Gasteiger charge is 2.32.